The summed E-state index contributed by atoms with van der Waals surface area (Å²) in [5, 5.41) is 18.1. The number of nitriles is 2. The van der Waals surface area contributed by atoms with Gasteiger partial charge in [0.1, 0.15) is 6.07 Å². The molecule has 1 rings (SSSR count). The molecule has 0 aliphatic carbocycles. The van der Waals surface area contributed by atoms with Crippen LogP contribution in [0, 0.1) is 22.7 Å². The summed E-state index contributed by atoms with van der Waals surface area (Å²) in [6.07, 6.45) is 0.451. The highest BCUT2D eigenvalue weighted by atomic mass is 32.2. The summed E-state index contributed by atoms with van der Waals surface area (Å²) in [7, 11) is 1.93. The quantitative estimate of drug-likeness (QED) is 0.760. The van der Waals surface area contributed by atoms with Crippen molar-refractivity contribution < 1.29 is 0 Å². The first-order chi connectivity index (χ1) is 8.65. The molecule has 0 fully saturated rings. The molecule has 0 spiro atoms. The van der Waals surface area contributed by atoms with E-state index in [0.29, 0.717) is 12.0 Å². The molecule has 18 heavy (non-hydrogen) atoms. The van der Waals surface area contributed by atoms with E-state index in [1.54, 1.807) is 11.8 Å². The summed E-state index contributed by atoms with van der Waals surface area (Å²) in [6.45, 7) is 4.06. The number of nitrogens with zero attached hydrogens (tertiary/aromatic N) is 3. The molecular weight excluding hydrogens is 242 g/mol. The number of hydrogen-bond acceptors (Lipinski definition) is 4. The Morgan fingerprint density at radius 3 is 2.67 bits per heavy atom. The van der Waals surface area contributed by atoms with Crippen LogP contribution >= 0.6 is 11.8 Å². The molecule has 1 aromatic rings. The Kier molecular flexibility index (Phi) is 5.55. The Bertz CT molecular complexity index is 485. The van der Waals surface area contributed by atoms with Crippen molar-refractivity contribution in [2.75, 3.05) is 17.7 Å². The van der Waals surface area contributed by atoms with Crippen LogP contribution in [0.25, 0.3) is 0 Å². The van der Waals surface area contributed by atoms with Crippen LogP contribution in [-0.4, -0.2) is 18.8 Å². The molecule has 1 unspecified atom stereocenters. The van der Waals surface area contributed by atoms with Crippen LogP contribution in [0.15, 0.2) is 23.1 Å². The van der Waals surface area contributed by atoms with Crippen LogP contribution < -0.4 is 4.90 Å². The van der Waals surface area contributed by atoms with E-state index in [4.69, 9.17) is 5.26 Å². The lowest BCUT2D eigenvalue weighted by Crippen LogP contribution is -2.29. The average molecular weight is 259 g/mol. The van der Waals surface area contributed by atoms with Gasteiger partial charge in [-0.1, -0.05) is 13.0 Å². The third-order valence-electron chi connectivity index (χ3n) is 2.84. The van der Waals surface area contributed by atoms with Gasteiger partial charge in [-0.15, -0.1) is 11.8 Å². The van der Waals surface area contributed by atoms with E-state index in [9.17, 15) is 5.26 Å². The molecule has 1 atom stereocenters. The minimum Gasteiger partial charge on any atom is -0.370 e. The van der Waals surface area contributed by atoms with Crippen LogP contribution in [0.4, 0.5) is 5.69 Å². The Balaban J connectivity index is 3.13. The molecule has 3 nitrogen and oxygen atoms in total. The number of thioether (sulfide) groups is 1. The molecule has 1 aromatic carbocycles. The highest BCUT2D eigenvalue weighted by Gasteiger charge is 2.15. The van der Waals surface area contributed by atoms with E-state index in [0.717, 1.165) is 16.3 Å². The number of anilines is 1. The average Bonchev–Trinajstić information content (AvgIpc) is 2.38. The smallest absolute Gasteiger partial charge is 0.103 e. The van der Waals surface area contributed by atoms with Gasteiger partial charge in [0.25, 0.3) is 0 Å². The van der Waals surface area contributed by atoms with E-state index in [-0.39, 0.29) is 6.04 Å². The molecule has 0 saturated heterocycles. The van der Waals surface area contributed by atoms with Gasteiger partial charge in [-0.05, 0) is 24.8 Å². The maximum absolute atomic E-state index is 9.33. The first kappa shape index (κ1) is 14.4. The molecule has 0 aliphatic rings. The second kappa shape index (κ2) is 6.93. The summed E-state index contributed by atoms with van der Waals surface area (Å²) >= 11 is 1.67. The third kappa shape index (κ3) is 3.18. The zero-order valence-corrected chi connectivity index (χ0v) is 11.8. The minimum atomic E-state index is 0.101. The Labute approximate surface area is 113 Å². The van der Waals surface area contributed by atoms with Crippen LogP contribution in [0.2, 0.25) is 0 Å². The van der Waals surface area contributed by atoms with E-state index in [1.807, 2.05) is 37.1 Å². The Hall–Kier alpha value is -1.65. The highest BCUT2D eigenvalue weighted by Crippen LogP contribution is 2.30. The van der Waals surface area contributed by atoms with Gasteiger partial charge >= 0.3 is 0 Å². The number of rotatable bonds is 5. The SMILES string of the molecule is CCSc1cccc(N(C)C(C)CC#N)c1C#N. The molecule has 0 bridgehead atoms. The normalized spacial score (nSPS) is 11.4. The first-order valence-corrected chi connectivity index (χ1v) is 6.89. The fourth-order valence-corrected chi connectivity index (χ4v) is 2.49. The van der Waals surface area contributed by atoms with Crippen molar-refractivity contribution in [1.82, 2.24) is 0 Å². The van der Waals surface area contributed by atoms with Crippen LogP contribution in [0.1, 0.15) is 25.8 Å². The Morgan fingerprint density at radius 2 is 2.11 bits per heavy atom. The minimum absolute atomic E-state index is 0.101. The second-order valence-corrected chi connectivity index (χ2v) is 5.32. The van der Waals surface area contributed by atoms with Gasteiger partial charge in [0.2, 0.25) is 0 Å². The lowest BCUT2D eigenvalue weighted by molar-refractivity contribution is 0.701. The molecular formula is C14H17N3S. The predicted octanol–water partition coefficient (Wildman–Crippen LogP) is 3.41. The number of hydrogen-bond donors (Lipinski definition) is 0. The fraction of sp³-hybridized carbons (Fsp3) is 0.429. The predicted molar refractivity (Wildman–Crippen MR) is 75.7 cm³/mol. The van der Waals surface area contributed by atoms with Crippen molar-refractivity contribution in [2.45, 2.75) is 31.2 Å². The summed E-state index contributed by atoms with van der Waals surface area (Å²) in [5.74, 6) is 0.940. The fourth-order valence-electron chi connectivity index (χ4n) is 1.71. The van der Waals surface area contributed by atoms with Crippen LogP contribution in [0.3, 0.4) is 0 Å². The molecule has 0 aliphatic heterocycles. The summed E-state index contributed by atoms with van der Waals surface area (Å²) < 4.78 is 0. The molecule has 0 heterocycles. The van der Waals surface area contributed by atoms with Gasteiger partial charge < -0.3 is 4.90 Å². The topological polar surface area (TPSA) is 50.8 Å². The molecule has 4 heteroatoms. The molecule has 0 amide bonds. The molecule has 0 saturated carbocycles. The molecule has 0 N–H and O–H groups in total. The largest absolute Gasteiger partial charge is 0.370 e. The van der Waals surface area contributed by atoms with Crippen molar-refractivity contribution in [3.05, 3.63) is 23.8 Å². The maximum atomic E-state index is 9.33. The monoisotopic (exact) mass is 259 g/mol. The summed E-state index contributed by atoms with van der Waals surface area (Å²) in [6, 6.07) is 10.4. The first-order valence-electron chi connectivity index (χ1n) is 5.91. The van der Waals surface area contributed by atoms with Crippen LogP contribution in [-0.2, 0) is 0 Å². The Morgan fingerprint density at radius 1 is 1.39 bits per heavy atom. The van der Waals surface area contributed by atoms with Crippen molar-refractivity contribution in [1.29, 1.82) is 10.5 Å². The summed E-state index contributed by atoms with van der Waals surface area (Å²) in [5.41, 5.74) is 1.61. The highest BCUT2D eigenvalue weighted by molar-refractivity contribution is 7.99. The van der Waals surface area contributed by atoms with Gasteiger partial charge in [-0.2, -0.15) is 10.5 Å². The van der Waals surface area contributed by atoms with Crippen molar-refractivity contribution in [3.63, 3.8) is 0 Å². The lowest BCUT2D eigenvalue weighted by Gasteiger charge is -2.26. The standard InChI is InChI=1S/C14H17N3S/c1-4-18-14-7-5-6-13(12(14)10-16)17(3)11(2)8-9-15/h5-7,11H,4,8H2,1-3H3. The van der Waals surface area contributed by atoms with Crippen molar-refractivity contribution in [3.8, 4) is 12.1 Å². The molecule has 0 aromatic heterocycles. The maximum Gasteiger partial charge on any atom is 0.103 e. The van der Waals surface area contributed by atoms with E-state index in [2.05, 4.69) is 19.1 Å². The van der Waals surface area contributed by atoms with Gasteiger partial charge in [0.15, 0.2) is 0 Å². The van der Waals surface area contributed by atoms with Crippen molar-refractivity contribution in [2.24, 2.45) is 0 Å². The van der Waals surface area contributed by atoms with Gasteiger partial charge in [-0.25, -0.2) is 0 Å². The third-order valence-corrected chi connectivity index (χ3v) is 3.78. The summed E-state index contributed by atoms with van der Waals surface area (Å²) in [4.78, 5) is 3.01. The van der Waals surface area contributed by atoms with Gasteiger partial charge in [0.05, 0.1) is 23.7 Å². The van der Waals surface area contributed by atoms with Crippen LogP contribution in [0.5, 0.6) is 0 Å². The molecule has 94 valence electrons. The van der Waals surface area contributed by atoms with Crippen molar-refractivity contribution >= 4 is 17.4 Å². The zero-order chi connectivity index (χ0) is 13.5. The van der Waals surface area contributed by atoms with E-state index >= 15 is 0 Å². The van der Waals surface area contributed by atoms with Gasteiger partial charge in [-0.3, -0.25) is 0 Å². The second-order valence-electron chi connectivity index (χ2n) is 4.02. The van der Waals surface area contributed by atoms with Gasteiger partial charge in [0, 0.05) is 18.0 Å². The molecule has 0 radical (unpaired) electrons. The lowest BCUT2D eigenvalue weighted by atomic mass is 10.1. The van der Waals surface area contributed by atoms with E-state index in [1.165, 1.54) is 0 Å². The van der Waals surface area contributed by atoms with E-state index < -0.39 is 0 Å². The number of benzene rings is 1. The zero-order valence-electron chi connectivity index (χ0n) is 11.0.